The Kier molecular flexibility index (Phi) is 4.94. The van der Waals surface area contributed by atoms with Gasteiger partial charge in [0.1, 0.15) is 0 Å². The van der Waals surface area contributed by atoms with Crippen LogP contribution in [0, 0.1) is 17.2 Å². The summed E-state index contributed by atoms with van der Waals surface area (Å²) >= 11 is 0. The molecule has 0 saturated carbocycles. The molecule has 0 aliphatic rings. The van der Waals surface area contributed by atoms with Gasteiger partial charge in [0.05, 0.1) is 18.4 Å². The minimum absolute atomic E-state index is 0.0796. The number of hydrogen-bond acceptors (Lipinski definition) is 2. The molecule has 0 spiro atoms. The molecule has 21 heavy (non-hydrogen) atoms. The van der Waals surface area contributed by atoms with Gasteiger partial charge in [-0.3, -0.25) is 4.79 Å². The summed E-state index contributed by atoms with van der Waals surface area (Å²) in [5.41, 5.74) is 1.04. The quantitative estimate of drug-likeness (QED) is 0.842. The molecular formula is C18H20N2O. The van der Waals surface area contributed by atoms with Crippen molar-refractivity contribution in [3.63, 3.8) is 0 Å². The highest BCUT2D eigenvalue weighted by Crippen LogP contribution is 2.19. The van der Waals surface area contributed by atoms with E-state index in [1.165, 1.54) is 0 Å². The van der Waals surface area contributed by atoms with Gasteiger partial charge in [-0.2, -0.15) is 5.26 Å². The number of fused-ring (bicyclic) bond motifs is 1. The van der Waals surface area contributed by atoms with Gasteiger partial charge in [0.15, 0.2) is 0 Å². The van der Waals surface area contributed by atoms with Crippen molar-refractivity contribution in [3.05, 3.63) is 48.0 Å². The van der Waals surface area contributed by atoms with Gasteiger partial charge >= 0.3 is 0 Å². The third-order valence-electron chi connectivity index (χ3n) is 3.67. The number of amides is 1. The lowest BCUT2D eigenvalue weighted by molar-refractivity contribution is -0.130. The van der Waals surface area contributed by atoms with Crippen LogP contribution in [0.15, 0.2) is 42.5 Å². The summed E-state index contributed by atoms with van der Waals surface area (Å²) < 4.78 is 0. The van der Waals surface area contributed by atoms with Crippen LogP contribution in [0.3, 0.4) is 0 Å². The first kappa shape index (κ1) is 15.1. The lowest BCUT2D eigenvalue weighted by atomic mass is 10.0. The van der Waals surface area contributed by atoms with Crippen LogP contribution < -0.4 is 0 Å². The maximum absolute atomic E-state index is 12.5. The van der Waals surface area contributed by atoms with Gasteiger partial charge in [0, 0.05) is 13.1 Å². The summed E-state index contributed by atoms with van der Waals surface area (Å²) in [6.45, 7) is 4.92. The first-order valence-corrected chi connectivity index (χ1v) is 7.29. The summed E-state index contributed by atoms with van der Waals surface area (Å²) in [7, 11) is 0. The molecule has 3 nitrogen and oxygen atoms in total. The molecule has 0 heterocycles. The molecule has 1 unspecified atom stereocenters. The van der Waals surface area contributed by atoms with Gasteiger partial charge in [-0.25, -0.2) is 0 Å². The van der Waals surface area contributed by atoms with E-state index in [4.69, 9.17) is 5.26 Å². The number of likely N-dealkylation sites (N-methyl/N-ethyl adjacent to an activating group) is 1. The summed E-state index contributed by atoms with van der Waals surface area (Å²) in [5.74, 6) is -0.0580. The van der Waals surface area contributed by atoms with Gasteiger partial charge in [-0.1, -0.05) is 42.5 Å². The maximum Gasteiger partial charge on any atom is 0.227 e. The monoisotopic (exact) mass is 280 g/mol. The molecule has 0 aliphatic carbocycles. The summed E-state index contributed by atoms with van der Waals surface area (Å²) in [4.78, 5) is 14.2. The molecule has 2 aromatic carbocycles. The lowest BCUT2D eigenvalue weighted by Crippen LogP contribution is -2.35. The van der Waals surface area contributed by atoms with Crippen LogP contribution in [-0.2, 0) is 11.2 Å². The van der Waals surface area contributed by atoms with Crippen LogP contribution >= 0.6 is 0 Å². The van der Waals surface area contributed by atoms with E-state index in [9.17, 15) is 4.79 Å². The van der Waals surface area contributed by atoms with Crippen LogP contribution in [-0.4, -0.2) is 23.9 Å². The Morgan fingerprint density at radius 1 is 1.24 bits per heavy atom. The Bertz CT molecular complexity index is 667. The normalized spacial score (nSPS) is 11.9. The van der Waals surface area contributed by atoms with Crippen LogP contribution in [0.1, 0.15) is 19.4 Å². The molecule has 0 bridgehead atoms. The fourth-order valence-corrected chi connectivity index (χ4v) is 2.50. The van der Waals surface area contributed by atoms with Crippen LogP contribution in [0.5, 0.6) is 0 Å². The van der Waals surface area contributed by atoms with E-state index in [1.54, 1.807) is 4.90 Å². The van der Waals surface area contributed by atoms with Crippen molar-refractivity contribution < 1.29 is 4.79 Å². The zero-order valence-corrected chi connectivity index (χ0v) is 12.5. The van der Waals surface area contributed by atoms with Crippen molar-refractivity contribution in [2.45, 2.75) is 20.3 Å². The van der Waals surface area contributed by atoms with Gasteiger partial charge in [-0.15, -0.1) is 0 Å². The fraction of sp³-hybridized carbons (Fsp3) is 0.333. The summed E-state index contributed by atoms with van der Waals surface area (Å²) in [6.07, 6.45) is 0.382. The second-order valence-corrected chi connectivity index (χ2v) is 5.28. The molecule has 1 atom stereocenters. The van der Waals surface area contributed by atoms with Crippen molar-refractivity contribution in [3.8, 4) is 6.07 Å². The molecule has 0 radical (unpaired) electrons. The minimum atomic E-state index is -0.138. The van der Waals surface area contributed by atoms with E-state index in [1.807, 2.05) is 44.2 Å². The summed E-state index contributed by atoms with van der Waals surface area (Å²) in [5, 5.41) is 11.2. The Hall–Kier alpha value is -2.34. The third-order valence-corrected chi connectivity index (χ3v) is 3.67. The Labute approximate surface area is 125 Å². The number of benzene rings is 2. The number of nitriles is 1. The predicted octanol–water partition coefficient (Wildman–Crippen LogP) is 3.39. The molecule has 3 heteroatoms. The van der Waals surface area contributed by atoms with Crippen molar-refractivity contribution in [2.75, 3.05) is 13.1 Å². The SMILES string of the molecule is CCN(CC(C)C#N)C(=O)Cc1cccc2ccccc12. The average Bonchev–Trinajstić information content (AvgIpc) is 2.52. The number of hydrogen-bond donors (Lipinski definition) is 0. The van der Waals surface area contributed by atoms with Crippen LogP contribution in [0.25, 0.3) is 10.8 Å². The van der Waals surface area contributed by atoms with Crippen LogP contribution in [0.2, 0.25) is 0 Å². The van der Waals surface area contributed by atoms with Gasteiger partial charge < -0.3 is 4.90 Å². The third kappa shape index (κ3) is 3.61. The van der Waals surface area contributed by atoms with E-state index in [0.29, 0.717) is 19.5 Å². The Morgan fingerprint density at radius 2 is 1.95 bits per heavy atom. The maximum atomic E-state index is 12.5. The second-order valence-electron chi connectivity index (χ2n) is 5.28. The highest BCUT2D eigenvalue weighted by Gasteiger charge is 2.16. The van der Waals surface area contributed by atoms with Gasteiger partial charge in [0.25, 0.3) is 0 Å². The number of carbonyl (C=O) groups is 1. The molecule has 2 aromatic rings. The molecule has 108 valence electrons. The first-order chi connectivity index (χ1) is 10.2. The zero-order valence-electron chi connectivity index (χ0n) is 12.5. The molecule has 0 aromatic heterocycles. The molecule has 1 amide bonds. The standard InChI is InChI=1S/C18H20N2O/c1-3-20(13-14(2)12-19)18(21)11-16-9-6-8-15-7-4-5-10-17(15)16/h4-10,14H,3,11,13H2,1-2H3. The molecular weight excluding hydrogens is 260 g/mol. The zero-order chi connectivity index (χ0) is 15.2. The number of nitrogens with zero attached hydrogens (tertiary/aromatic N) is 2. The van der Waals surface area contributed by atoms with E-state index in [-0.39, 0.29) is 11.8 Å². The molecule has 0 N–H and O–H groups in total. The van der Waals surface area contributed by atoms with E-state index in [2.05, 4.69) is 18.2 Å². The number of rotatable bonds is 5. The number of carbonyl (C=O) groups excluding carboxylic acids is 1. The first-order valence-electron chi connectivity index (χ1n) is 7.29. The summed E-state index contributed by atoms with van der Waals surface area (Å²) in [6, 6.07) is 16.3. The van der Waals surface area contributed by atoms with Gasteiger partial charge in [-0.05, 0) is 30.2 Å². The van der Waals surface area contributed by atoms with E-state index >= 15 is 0 Å². The molecule has 2 rings (SSSR count). The Balaban J connectivity index is 2.19. The minimum Gasteiger partial charge on any atom is -0.341 e. The van der Waals surface area contributed by atoms with E-state index in [0.717, 1.165) is 16.3 Å². The van der Waals surface area contributed by atoms with Crippen LogP contribution in [0.4, 0.5) is 0 Å². The van der Waals surface area contributed by atoms with E-state index < -0.39 is 0 Å². The average molecular weight is 280 g/mol. The van der Waals surface area contributed by atoms with Crippen molar-refractivity contribution in [1.29, 1.82) is 5.26 Å². The molecule has 0 aliphatic heterocycles. The van der Waals surface area contributed by atoms with Gasteiger partial charge in [0.2, 0.25) is 5.91 Å². The molecule has 0 saturated heterocycles. The Morgan fingerprint density at radius 3 is 2.67 bits per heavy atom. The highest BCUT2D eigenvalue weighted by molar-refractivity contribution is 5.90. The second kappa shape index (κ2) is 6.90. The smallest absolute Gasteiger partial charge is 0.227 e. The predicted molar refractivity (Wildman–Crippen MR) is 84.7 cm³/mol. The van der Waals surface area contributed by atoms with Crippen molar-refractivity contribution in [2.24, 2.45) is 5.92 Å². The molecule has 0 fully saturated rings. The lowest BCUT2D eigenvalue weighted by Gasteiger charge is -2.22. The highest BCUT2D eigenvalue weighted by atomic mass is 16.2. The fourth-order valence-electron chi connectivity index (χ4n) is 2.50. The van der Waals surface area contributed by atoms with Crippen molar-refractivity contribution in [1.82, 2.24) is 4.90 Å². The van der Waals surface area contributed by atoms with Crippen molar-refractivity contribution >= 4 is 16.7 Å². The topological polar surface area (TPSA) is 44.1 Å². The largest absolute Gasteiger partial charge is 0.341 e.